The molecule has 2 aromatic heterocycles. The quantitative estimate of drug-likeness (QED) is 0.623. The Hall–Kier alpha value is -2.02. The number of halogens is 1. The van der Waals surface area contributed by atoms with Crippen molar-refractivity contribution in [2.75, 3.05) is 7.11 Å². The molecule has 1 aliphatic rings. The third-order valence-electron chi connectivity index (χ3n) is 2.74. The second-order valence-electron chi connectivity index (χ2n) is 4.19. The molecule has 98 valence electrons. The largest absolute Gasteiger partial charge is 0.463 e. The lowest BCUT2D eigenvalue weighted by Gasteiger charge is -2.03. The van der Waals surface area contributed by atoms with Crippen LogP contribution in [0.2, 0.25) is 5.15 Å². The fourth-order valence-corrected chi connectivity index (χ4v) is 1.81. The molecule has 0 amide bonds. The lowest BCUT2D eigenvalue weighted by atomic mass is 10.4. The smallest absolute Gasteiger partial charge is 0.377 e. The zero-order chi connectivity index (χ0) is 13.4. The molecule has 1 saturated carbocycles. The van der Waals surface area contributed by atoms with E-state index in [1.807, 2.05) is 0 Å². The Labute approximate surface area is 113 Å². The summed E-state index contributed by atoms with van der Waals surface area (Å²) in [5.74, 6) is 0.953. The maximum atomic E-state index is 11.3. The molecule has 1 fully saturated rings. The van der Waals surface area contributed by atoms with E-state index in [2.05, 4.69) is 24.8 Å². The lowest BCUT2D eigenvalue weighted by molar-refractivity contribution is 0.0587. The number of carbonyl (C=O) groups excluding carboxylic acids is 1. The predicted molar refractivity (Wildman–Crippen MR) is 65.3 cm³/mol. The Morgan fingerprint density at radius 3 is 2.95 bits per heavy atom. The van der Waals surface area contributed by atoms with Gasteiger partial charge in [-0.15, -0.1) is 5.10 Å². The molecule has 0 radical (unpaired) electrons. The summed E-state index contributed by atoms with van der Waals surface area (Å²) in [7, 11) is 1.27. The van der Waals surface area contributed by atoms with Gasteiger partial charge in [-0.25, -0.2) is 24.4 Å². The standard InChI is InChI=1S/C11H10ClN5O2/c1-19-11(18)10-13-5-17(16-10)8-4-7(12)14-9(15-8)6-2-3-6/h4-6H,2-3H2,1H3. The van der Waals surface area contributed by atoms with E-state index >= 15 is 0 Å². The van der Waals surface area contributed by atoms with Gasteiger partial charge in [-0.3, -0.25) is 0 Å². The molecule has 3 rings (SSSR count). The van der Waals surface area contributed by atoms with Crippen LogP contribution >= 0.6 is 11.6 Å². The van der Waals surface area contributed by atoms with Crippen molar-refractivity contribution in [1.29, 1.82) is 0 Å². The highest BCUT2D eigenvalue weighted by Gasteiger charge is 2.27. The van der Waals surface area contributed by atoms with Gasteiger partial charge in [0.15, 0.2) is 5.82 Å². The summed E-state index contributed by atoms with van der Waals surface area (Å²) in [6, 6.07) is 1.57. The van der Waals surface area contributed by atoms with E-state index in [1.165, 1.54) is 18.1 Å². The molecule has 7 nitrogen and oxygen atoms in total. The Morgan fingerprint density at radius 2 is 2.26 bits per heavy atom. The molecule has 0 unspecified atom stereocenters. The normalized spacial score (nSPS) is 14.4. The van der Waals surface area contributed by atoms with Crippen LogP contribution in [0.25, 0.3) is 5.82 Å². The Balaban J connectivity index is 1.97. The summed E-state index contributed by atoms with van der Waals surface area (Å²) >= 11 is 5.96. The molecule has 0 bridgehead atoms. The Morgan fingerprint density at radius 1 is 1.47 bits per heavy atom. The monoisotopic (exact) mass is 279 g/mol. The minimum absolute atomic E-state index is 0.0230. The number of esters is 1. The maximum absolute atomic E-state index is 11.3. The highest BCUT2D eigenvalue weighted by molar-refractivity contribution is 6.29. The number of methoxy groups -OCH3 is 1. The highest BCUT2D eigenvalue weighted by Crippen LogP contribution is 2.38. The summed E-state index contributed by atoms with van der Waals surface area (Å²) in [5, 5.41) is 4.34. The third-order valence-corrected chi connectivity index (χ3v) is 2.93. The first kappa shape index (κ1) is 12.0. The molecule has 1 aliphatic carbocycles. The first-order valence-electron chi connectivity index (χ1n) is 5.72. The van der Waals surface area contributed by atoms with Crippen LogP contribution in [-0.2, 0) is 4.74 Å². The fraction of sp³-hybridized carbons (Fsp3) is 0.364. The Kier molecular flexibility index (Phi) is 2.90. The molecule has 0 spiro atoms. The predicted octanol–water partition coefficient (Wildman–Crippen LogP) is 1.37. The van der Waals surface area contributed by atoms with E-state index in [4.69, 9.17) is 11.6 Å². The van der Waals surface area contributed by atoms with Crippen LogP contribution in [0.3, 0.4) is 0 Å². The number of rotatable bonds is 3. The molecule has 19 heavy (non-hydrogen) atoms. The van der Waals surface area contributed by atoms with E-state index in [0.717, 1.165) is 12.8 Å². The molecular formula is C11H10ClN5O2. The van der Waals surface area contributed by atoms with Gasteiger partial charge in [0.1, 0.15) is 17.3 Å². The van der Waals surface area contributed by atoms with Gasteiger partial charge in [0.2, 0.25) is 0 Å². The van der Waals surface area contributed by atoms with E-state index in [-0.39, 0.29) is 5.82 Å². The average Bonchev–Trinajstić information content (AvgIpc) is 3.14. The van der Waals surface area contributed by atoms with Crippen molar-refractivity contribution in [3.63, 3.8) is 0 Å². The zero-order valence-corrected chi connectivity index (χ0v) is 10.8. The molecule has 0 saturated heterocycles. The minimum atomic E-state index is -0.596. The number of hydrogen-bond donors (Lipinski definition) is 0. The molecule has 2 heterocycles. The van der Waals surface area contributed by atoms with Gasteiger partial charge in [-0.05, 0) is 12.8 Å². The van der Waals surface area contributed by atoms with Crippen LogP contribution in [-0.4, -0.2) is 37.8 Å². The lowest BCUT2D eigenvalue weighted by Crippen LogP contribution is -2.07. The molecule has 0 aromatic carbocycles. The molecule has 0 N–H and O–H groups in total. The number of ether oxygens (including phenoxy) is 1. The van der Waals surface area contributed by atoms with Crippen LogP contribution < -0.4 is 0 Å². The number of hydrogen-bond acceptors (Lipinski definition) is 6. The van der Waals surface area contributed by atoms with E-state index < -0.39 is 5.97 Å². The molecule has 0 aliphatic heterocycles. The third kappa shape index (κ3) is 2.41. The number of aromatic nitrogens is 5. The van der Waals surface area contributed by atoms with Crippen molar-refractivity contribution < 1.29 is 9.53 Å². The van der Waals surface area contributed by atoms with E-state index in [9.17, 15) is 4.79 Å². The highest BCUT2D eigenvalue weighted by atomic mass is 35.5. The van der Waals surface area contributed by atoms with Crippen LogP contribution in [0.4, 0.5) is 0 Å². The van der Waals surface area contributed by atoms with Gasteiger partial charge >= 0.3 is 5.97 Å². The Bertz CT molecular complexity index is 638. The second kappa shape index (κ2) is 4.58. The average molecular weight is 280 g/mol. The van der Waals surface area contributed by atoms with E-state index in [1.54, 1.807) is 6.07 Å². The number of nitrogens with zero attached hydrogens (tertiary/aromatic N) is 5. The van der Waals surface area contributed by atoms with Gasteiger partial charge in [-0.2, -0.15) is 0 Å². The molecule has 2 aromatic rings. The topological polar surface area (TPSA) is 82.8 Å². The van der Waals surface area contributed by atoms with Gasteiger partial charge in [-0.1, -0.05) is 11.6 Å². The van der Waals surface area contributed by atoms with Crippen LogP contribution in [0.15, 0.2) is 12.4 Å². The zero-order valence-electron chi connectivity index (χ0n) is 10.1. The maximum Gasteiger partial charge on any atom is 0.377 e. The summed E-state index contributed by atoms with van der Waals surface area (Å²) < 4.78 is 5.93. The van der Waals surface area contributed by atoms with E-state index in [0.29, 0.717) is 22.7 Å². The summed E-state index contributed by atoms with van der Waals surface area (Å²) in [4.78, 5) is 23.7. The minimum Gasteiger partial charge on any atom is -0.463 e. The molecular weight excluding hydrogens is 270 g/mol. The summed E-state index contributed by atoms with van der Waals surface area (Å²) in [6.07, 6.45) is 3.54. The van der Waals surface area contributed by atoms with Crippen molar-refractivity contribution in [2.24, 2.45) is 0 Å². The van der Waals surface area contributed by atoms with Gasteiger partial charge in [0, 0.05) is 12.0 Å². The molecule has 8 heteroatoms. The number of carbonyl (C=O) groups is 1. The van der Waals surface area contributed by atoms with Crippen LogP contribution in [0.5, 0.6) is 0 Å². The van der Waals surface area contributed by atoms with Gasteiger partial charge in [0.05, 0.1) is 7.11 Å². The molecule has 0 atom stereocenters. The second-order valence-corrected chi connectivity index (χ2v) is 4.57. The van der Waals surface area contributed by atoms with Crippen molar-refractivity contribution in [3.8, 4) is 5.82 Å². The SMILES string of the molecule is COC(=O)c1ncn(-c2cc(Cl)nc(C3CC3)n2)n1. The van der Waals surface area contributed by atoms with Crippen LogP contribution in [0, 0.1) is 0 Å². The van der Waals surface area contributed by atoms with Crippen molar-refractivity contribution in [1.82, 2.24) is 24.7 Å². The first-order chi connectivity index (χ1) is 9.17. The fourth-order valence-electron chi connectivity index (χ4n) is 1.62. The summed E-state index contributed by atoms with van der Waals surface area (Å²) in [5.41, 5.74) is 0. The van der Waals surface area contributed by atoms with Crippen molar-refractivity contribution >= 4 is 17.6 Å². The van der Waals surface area contributed by atoms with Crippen LogP contribution in [0.1, 0.15) is 35.2 Å². The first-order valence-corrected chi connectivity index (χ1v) is 6.10. The van der Waals surface area contributed by atoms with Gasteiger partial charge in [0.25, 0.3) is 5.82 Å². The van der Waals surface area contributed by atoms with Gasteiger partial charge < -0.3 is 4.74 Å². The summed E-state index contributed by atoms with van der Waals surface area (Å²) in [6.45, 7) is 0. The van der Waals surface area contributed by atoms with Crippen molar-refractivity contribution in [2.45, 2.75) is 18.8 Å². The van der Waals surface area contributed by atoms with Crippen molar-refractivity contribution in [3.05, 3.63) is 29.2 Å².